The topological polar surface area (TPSA) is 105 Å². The first-order chi connectivity index (χ1) is 15.3. The van der Waals surface area contributed by atoms with Gasteiger partial charge in [-0.2, -0.15) is 0 Å². The van der Waals surface area contributed by atoms with Crippen LogP contribution in [0.15, 0.2) is 64.9 Å². The summed E-state index contributed by atoms with van der Waals surface area (Å²) in [5.41, 5.74) is -0.0763. The van der Waals surface area contributed by atoms with Gasteiger partial charge in [-0.25, -0.2) is 0 Å². The predicted molar refractivity (Wildman–Crippen MR) is 122 cm³/mol. The van der Waals surface area contributed by atoms with Crippen molar-refractivity contribution in [3.8, 4) is 0 Å². The average Bonchev–Trinajstić information content (AvgIpc) is 3.50. The number of carbonyl (C=O) groups excluding carboxylic acids is 3. The van der Waals surface area contributed by atoms with Crippen LogP contribution in [-0.4, -0.2) is 34.8 Å². The first kappa shape index (κ1) is 23.2. The standard InChI is InChI=1S/C23H26N4O4S/c1-4-23(2,3)26-22(30)20(17-9-6-12-31-17)27(16-8-5-11-24-14-16)19(28)15-25-21(29)18-10-7-13-32-18/h5-14,20H,4,15H2,1-3H3,(H,25,29)(H,26,30)/t20-/m1/s1. The molecule has 0 bridgehead atoms. The van der Waals surface area contributed by atoms with Crippen LogP contribution < -0.4 is 15.5 Å². The number of nitrogens with one attached hydrogen (secondary N) is 2. The summed E-state index contributed by atoms with van der Waals surface area (Å²) in [4.78, 5) is 45.0. The molecule has 8 nitrogen and oxygen atoms in total. The number of amides is 3. The number of hydrogen-bond acceptors (Lipinski definition) is 6. The first-order valence-electron chi connectivity index (χ1n) is 10.2. The summed E-state index contributed by atoms with van der Waals surface area (Å²) in [6.45, 7) is 5.47. The van der Waals surface area contributed by atoms with E-state index in [0.717, 1.165) is 0 Å². The van der Waals surface area contributed by atoms with E-state index >= 15 is 0 Å². The summed E-state index contributed by atoms with van der Waals surface area (Å²) in [5.74, 6) is -0.927. The molecule has 9 heteroatoms. The third-order valence-electron chi connectivity index (χ3n) is 5.00. The largest absolute Gasteiger partial charge is 0.467 e. The van der Waals surface area contributed by atoms with Crippen LogP contribution >= 0.6 is 11.3 Å². The highest BCUT2D eigenvalue weighted by molar-refractivity contribution is 7.12. The summed E-state index contributed by atoms with van der Waals surface area (Å²) < 4.78 is 5.54. The fourth-order valence-electron chi connectivity index (χ4n) is 2.98. The van der Waals surface area contributed by atoms with Gasteiger partial charge < -0.3 is 15.1 Å². The third kappa shape index (κ3) is 5.61. The van der Waals surface area contributed by atoms with Crippen LogP contribution in [0.3, 0.4) is 0 Å². The maximum Gasteiger partial charge on any atom is 0.261 e. The molecule has 0 fully saturated rings. The van der Waals surface area contributed by atoms with Crippen molar-refractivity contribution in [3.05, 3.63) is 71.1 Å². The van der Waals surface area contributed by atoms with E-state index in [0.29, 0.717) is 22.7 Å². The van der Waals surface area contributed by atoms with Gasteiger partial charge in [0, 0.05) is 11.7 Å². The minimum Gasteiger partial charge on any atom is -0.467 e. The van der Waals surface area contributed by atoms with E-state index in [9.17, 15) is 14.4 Å². The smallest absolute Gasteiger partial charge is 0.261 e. The van der Waals surface area contributed by atoms with E-state index in [4.69, 9.17) is 4.42 Å². The molecule has 0 saturated heterocycles. The lowest BCUT2D eigenvalue weighted by Crippen LogP contribution is -2.52. The van der Waals surface area contributed by atoms with Crippen LogP contribution in [-0.2, 0) is 9.59 Å². The molecule has 1 atom stereocenters. The molecule has 2 N–H and O–H groups in total. The van der Waals surface area contributed by atoms with Crippen LogP contribution in [0.5, 0.6) is 0 Å². The summed E-state index contributed by atoms with van der Waals surface area (Å²) in [6.07, 6.45) is 5.21. The zero-order valence-electron chi connectivity index (χ0n) is 18.2. The highest BCUT2D eigenvalue weighted by Crippen LogP contribution is 2.28. The van der Waals surface area contributed by atoms with Crippen LogP contribution in [0.4, 0.5) is 5.69 Å². The second-order valence-electron chi connectivity index (χ2n) is 7.78. The Morgan fingerprint density at radius 3 is 2.59 bits per heavy atom. The lowest BCUT2D eigenvalue weighted by atomic mass is 10.0. The first-order valence-corrected chi connectivity index (χ1v) is 11.1. The number of aromatic nitrogens is 1. The minimum atomic E-state index is -1.08. The van der Waals surface area contributed by atoms with Crippen LogP contribution in [0.25, 0.3) is 0 Å². The fraction of sp³-hybridized carbons (Fsp3) is 0.304. The van der Waals surface area contributed by atoms with Crippen molar-refractivity contribution in [2.75, 3.05) is 11.4 Å². The maximum absolute atomic E-state index is 13.4. The Kier molecular flexibility index (Phi) is 7.42. The molecule has 0 aromatic carbocycles. The number of pyridine rings is 1. The number of anilines is 1. The molecule has 32 heavy (non-hydrogen) atoms. The van der Waals surface area contributed by atoms with Gasteiger partial charge >= 0.3 is 0 Å². The van der Waals surface area contributed by atoms with Crippen molar-refractivity contribution in [1.82, 2.24) is 15.6 Å². The summed E-state index contributed by atoms with van der Waals surface area (Å²) >= 11 is 1.28. The van der Waals surface area contributed by atoms with Gasteiger partial charge in [0.05, 0.1) is 29.6 Å². The highest BCUT2D eigenvalue weighted by Gasteiger charge is 2.36. The van der Waals surface area contributed by atoms with Gasteiger partial charge in [0.15, 0.2) is 6.04 Å². The number of carbonyl (C=O) groups is 3. The normalized spacial score (nSPS) is 12.1. The average molecular weight is 455 g/mol. The Bertz CT molecular complexity index is 1030. The number of rotatable bonds is 9. The zero-order valence-corrected chi connectivity index (χ0v) is 19.0. The molecule has 3 aromatic heterocycles. The van der Waals surface area contributed by atoms with Crippen LogP contribution in [0.1, 0.15) is 48.7 Å². The molecule has 0 aliphatic rings. The van der Waals surface area contributed by atoms with E-state index < -0.39 is 23.4 Å². The molecule has 168 valence electrons. The van der Waals surface area contributed by atoms with E-state index in [1.165, 1.54) is 28.7 Å². The molecule has 3 aromatic rings. The van der Waals surface area contributed by atoms with Gasteiger partial charge in [0.25, 0.3) is 11.8 Å². The molecule has 0 spiro atoms. The molecule has 0 aliphatic carbocycles. The lowest BCUT2D eigenvalue weighted by molar-refractivity contribution is -0.128. The highest BCUT2D eigenvalue weighted by atomic mass is 32.1. The quantitative estimate of drug-likeness (QED) is 0.515. The van der Waals surface area contributed by atoms with E-state index in [1.807, 2.05) is 20.8 Å². The fourth-order valence-corrected chi connectivity index (χ4v) is 3.62. The molecule has 3 rings (SSSR count). The molecule has 0 saturated carbocycles. The van der Waals surface area contributed by atoms with E-state index in [2.05, 4.69) is 15.6 Å². The molecule has 3 heterocycles. The van der Waals surface area contributed by atoms with Crippen LogP contribution in [0.2, 0.25) is 0 Å². The summed E-state index contributed by atoms with van der Waals surface area (Å²) in [7, 11) is 0. The van der Waals surface area contributed by atoms with Crippen molar-refractivity contribution < 1.29 is 18.8 Å². The number of furan rings is 1. The second kappa shape index (κ2) is 10.2. The Hall–Kier alpha value is -3.46. The summed E-state index contributed by atoms with van der Waals surface area (Å²) in [6, 6.07) is 9.01. The van der Waals surface area contributed by atoms with Crippen LogP contribution in [0, 0.1) is 0 Å². The van der Waals surface area contributed by atoms with E-state index in [-0.39, 0.29) is 12.5 Å². The van der Waals surface area contributed by atoms with Gasteiger partial charge in [-0.05, 0) is 56.0 Å². The lowest BCUT2D eigenvalue weighted by Gasteiger charge is -2.33. The minimum absolute atomic E-state index is 0.298. The SMILES string of the molecule is CCC(C)(C)NC(=O)[C@@H](c1ccco1)N(C(=O)CNC(=O)c1cccs1)c1cccnc1. The molecule has 3 amide bonds. The summed E-state index contributed by atoms with van der Waals surface area (Å²) in [5, 5.41) is 7.40. The third-order valence-corrected chi connectivity index (χ3v) is 5.87. The van der Waals surface area contributed by atoms with Crippen molar-refractivity contribution in [2.45, 2.75) is 38.8 Å². The van der Waals surface area contributed by atoms with Crippen molar-refractivity contribution in [3.63, 3.8) is 0 Å². The van der Waals surface area contributed by atoms with Gasteiger partial charge in [-0.3, -0.25) is 24.3 Å². The zero-order chi connectivity index (χ0) is 23.1. The molecule has 0 aliphatic heterocycles. The van der Waals surface area contributed by atoms with Gasteiger partial charge in [-0.15, -0.1) is 11.3 Å². The van der Waals surface area contributed by atoms with Crippen molar-refractivity contribution in [1.29, 1.82) is 0 Å². The number of nitrogens with zero attached hydrogens (tertiary/aromatic N) is 2. The monoisotopic (exact) mass is 454 g/mol. The Labute approximate surface area is 190 Å². The Morgan fingerprint density at radius 2 is 2.00 bits per heavy atom. The van der Waals surface area contributed by atoms with Crippen molar-refractivity contribution in [2.24, 2.45) is 0 Å². The number of thiophene rings is 1. The predicted octanol–water partition coefficient (Wildman–Crippen LogP) is 3.55. The number of hydrogen-bond donors (Lipinski definition) is 2. The second-order valence-corrected chi connectivity index (χ2v) is 8.73. The molecule has 0 unspecified atom stereocenters. The molecular weight excluding hydrogens is 428 g/mol. The molecule has 0 radical (unpaired) electrons. The van der Waals surface area contributed by atoms with Gasteiger partial charge in [-0.1, -0.05) is 13.0 Å². The Morgan fingerprint density at radius 1 is 1.19 bits per heavy atom. The molecular formula is C23H26N4O4S. The van der Waals surface area contributed by atoms with E-state index in [1.54, 1.807) is 48.0 Å². The van der Waals surface area contributed by atoms with Gasteiger partial charge in [0.1, 0.15) is 5.76 Å². The maximum atomic E-state index is 13.4. The van der Waals surface area contributed by atoms with Crippen molar-refractivity contribution >= 4 is 34.7 Å². The Balaban J connectivity index is 1.93. The van der Waals surface area contributed by atoms with Gasteiger partial charge in [0.2, 0.25) is 5.91 Å².